The topological polar surface area (TPSA) is 32.3 Å². The fourth-order valence-electron chi connectivity index (χ4n) is 4.63. The second kappa shape index (κ2) is 8.09. The molecule has 1 amide bonds. The molecular formula is C23H25F3N2O. The van der Waals surface area contributed by atoms with E-state index in [1.807, 2.05) is 30.3 Å². The number of carbonyl (C=O) groups is 1. The van der Waals surface area contributed by atoms with Gasteiger partial charge in [0.05, 0.1) is 11.5 Å². The summed E-state index contributed by atoms with van der Waals surface area (Å²) in [5, 5.41) is 3.02. The fraction of sp³-hybridized carbons (Fsp3) is 0.435. The van der Waals surface area contributed by atoms with Crippen molar-refractivity contribution >= 4 is 11.6 Å². The zero-order chi connectivity index (χ0) is 20.4. The first-order valence-corrected chi connectivity index (χ1v) is 10.2. The van der Waals surface area contributed by atoms with Crippen molar-refractivity contribution in [2.75, 3.05) is 18.0 Å². The van der Waals surface area contributed by atoms with Gasteiger partial charge in [-0.2, -0.15) is 13.2 Å². The number of benzene rings is 2. The molecule has 2 atom stereocenters. The minimum atomic E-state index is -4.37. The number of nitrogens with zero attached hydrogens (tertiary/aromatic N) is 1. The number of amides is 1. The first-order valence-electron chi connectivity index (χ1n) is 10.2. The molecule has 1 fully saturated rings. The van der Waals surface area contributed by atoms with Crippen LogP contribution in [0.5, 0.6) is 0 Å². The number of piperidine rings is 1. The third-order valence-electron chi connectivity index (χ3n) is 6.06. The van der Waals surface area contributed by atoms with Crippen molar-refractivity contribution in [3.05, 3.63) is 65.2 Å². The molecule has 2 aromatic rings. The minimum Gasteiger partial charge on any atom is -0.368 e. The number of halogens is 3. The van der Waals surface area contributed by atoms with Crippen molar-refractivity contribution in [3.63, 3.8) is 0 Å². The number of anilines is 1. The van der Waals surface area contributed by atoms with Crippen LogP contribution in [0.3, 0.4) is 0 Å². The van der Waals surface area contributed by atoms with Crippen LogP contribution in [-0.4, -0.2) is 25.0 Å². The van der Waals surface area contributed by atoms with E-state index in [0.29, 0.717) is 18.5 Å². The molecule has 29 heavy (non-hydrogen) atoms. The molecule has 2 heterocycles. The monoisotopic (exact) mass is 402 g/mol. The molecule has 2 aliphatic rings. The number of nitrogens with one attached hydrogen (secondary N) is 1. The van der Waals surface area contributed by atoms with Crippen molar-refractivity contribution in [1.82, 2.24) is 5.32 Å². The highest BCUT2D eigenvalue weighted by molar-refractivity contribution is 5.82. The molecular weight excluding hydrogens is 377 g/mol. The summed E-state index contributed by atoms with van der Waals surface area (Å²) in [4.78, 5) is 15.1. The standard InChI is InChI=1S/C23H25F3N2O/c24-23(25,26)18-9-10-20-17(14-18)15-19(21-8-4-5-13-28(20)21)22(29)27-12-11-16-6-2-1-3-7-16/h1-3,6-7,9-10,14,19,21H,4-5,8,11-13,15H2,(H,27,29)/t19-,21+/m1/s1. The van der Waals surface area contributed by atoms with E-state index in [4.69, 9.17) is 0 Å². The Morgan fingerprint density at radius 3 is 2.66 bits per heavy atom. The molecule has 3 nitrogen and oxygen atoms in total. The summed E-state index contributed by atoms with van der Waals surface area (Å²) in [6, 6.07) is 13.9. The van der Waals surface area contributed by atoms with E-state index in [0.717, 1.165) is 49.5 Å². The van der Waals surface area contributed by atoms with E-state index in [9.17, 15) is 18.0 Å². The number of rotatable bonds is 4. The second-order valence-corrected chi connectivity index (χ2v) is 7.94. The molecule has 0 unspecified atom stereocenters. The summed E-state index contributed by atoms with van der Waals surface area (Å²) in [6.07, 6.45) is -0.331. The van der Waals surface area contributed by atoms with Gasteiger partial charge < -0.3 is 10.2 Å². The molecule has 1 N–H and O–H groups in total. The van der Waals surface area contributed by atoms with E-state index in [-0.39, 0.29) is 17.9 Å². The first kappa shape index (κ1) is 19.8. The van der Waals surface area contributed by atoms with Crippen molar-refractivity contribution in [1.29, 1.82) is 0 Å². The Kier molecular flexibility index (Phi) is 5.52. The van der Waals surface area contributed by atoms with Gasteiger partial charge in [-0.25, -0.2) is 0 Å². The predicted octanol–water partition coefficient (Wildman–Crippen LogP) is 4.60. The van der Waals surface area contributed by atoms with Crippen molar-refractivity contribution in [3.8, 4) is 0 Å². The highest BCUT2D eigenvalue weighted by Crippen LogP contribution is 2.41. The molecule has 0 spiro atoms. The van der Waals surface area contributed by atoms with E-state index in [1.165, 1.54) is 6.07 Å². The fourth-order valence-corrected chi connectivity index (χ4v) is 4.63. The number of alkyl halides is 3. The quantitative estimate of drug-likeness (QED) is 0.811. The molecule has 0 bridgehead atoms. The lowest BCUT2D eigenvalue weighted by Crippen LogP contribution is -2.53. The van der Waals surface area contributed by atoms with Gasteiger partial charge >= 0.3 is 6.18 Å². The SMILES string of the molecule is O=C(NCCc1ccccc1)[C@@H]1Cc2cc(C(F)(F)F)ccc2N2CCCC[C@@H]12. The van der Waals surface area contributed by atoms with Gasteiger partial charge in [0.1, 0.15) is 0 Å². The van der Waals surface area contributed by atoms with Crippen LogP contribution in [0.25, 0.3) is 0 Å². The lowest BCUT2D eigenvalue weighted by Gasteiger charge is -2.46. The molecule has 0 aromatic heterocycles. The Bertz CT molecular complexity index is 866. The lowest BCUT2D eigenvalue weighted by atomic mass is 9.80. The van der Waals surface area contributed by atoms with Gasteiger partial charge in [-0.15, -0.1) is 0 Å². The minimum absolute atomic E-state index is 0.0547. The third-order valence-corrected chi connectivity index (χ3v) is 6.06. The van der Waals surface area contributed by atoms with Gasteiger partial charge in [0, 0.05) is 24.8 Å². The summed E-state index contributed by atoms with van der Waals surface area (Å²) in [5.74, 6) is -0.372. The van der Waals surface area contributed by atoms with Crippen LogP contribution >= 0.6 is 0 Å². The molecule has 4 rings (SSSR count). The molecule has 0 aliphatic carbocycles. The van der Waals surface area contributed by atoms with Crippen LogP contribution in [0.1, 0.15) is 36.0 Å². The summed E-state index contributed by atoms with van der Waals surface area (Å²) in [6.45, 7) is 1.32. The zero-order valence-corrected chi connectivity index (χ0v) is 16.2. The van der Waals surface area contributed by atoms with Gasteiger partial charge in [0.25, 0.3) is 0 Å². The Morgan fingerprint density at radius 1 is 1.10 bits per heavy atom. The molecule has 154 valence electrons. The molecule has 6 heteroatoms. The zero-order valence-electron chi connectivity index (χ0n) is 16.2. The van der Waals surface area contributed by atoms with Crippen LogP contribution in [-0.2, 0) is 23.8 Å². The van der Waals surface area contributed by atoms with Crippen LogP contribution in [0.15, 0.2) is 48.5 Å². The summed E-state index contributed by atoms with van der Waals surface area (Å²) < 4.78 is 39.5. The van der Waals surface area contributed by atoms with Crippen molar-refractivity contribution < 1.29 is 18.0 Å². The maximum Gasteiger partial charge on any atom is 0.416 e. The highest BCUT2D eigenvalue weighted by atomic mass is 19.4. The molecule has 0 radical (unpaired) electrons. The molecule has 1 saturated heterocycles. The average molecular weight is 402 g/mol. The Labute approximate surface area is 168 Å². The number of hydrogen-bond acceptors (Lipinski definition) is 2. The molecule has 2 aliphatic heterocycles. The smallest absolute Gasteiger partial charge is 0.368 e. The predicted molar refractivity (Wildman–Crippen MR) is 107 cm³/mol. The van der Waals surface area contributed by atoms with Crippen LogP contribution < -0.4 is 10.2 Å². The molecule has 2 aromatic carbocycles. The maximum absolute atomic E-state index is 13.2. The summed E-state index contributed by atoms with van der Waals surface area (Å²) >= 11 is 0. The van der Waals surface area contributed by atoms with Crippen LogP contribution in [0, 0.1) is 5.92 Å². The van der Waals surface area contributed by atoms with Crippen LogP contribution in [0.2, 0.25) is 0 Å². The number of hydrogen-bond donors (Lipinski definition) is 1. The van der Waals surface area contributed by atoms with Gasteiger partial charge in [-0.3, -0.25) is 4.79 Å². The lowest BCUT2D eigenvalue weighted by molar-refractivity contribution is -0.137. The van der Waals surface area contributed by atoms with Crippen molar-refractivity contribution in [2.45, 2.75) is 44.3 Å². The first-order chi connectivity index (χ1) is 13.9. The largest absolute Gasteiger partial charge is 0.416 e. The highest BCUT2D eigenvalue weighted by Gasteiger charge is 2.40. The Hall–Kier alpha value is -2.50. The maximum atomic E-state index is 13.2. The van der Waals surface area contributed by atoms with E-state index >= 15 is 0 Å². The van der Waals surface area contributed by atoms with Gasteiger partial charge in [0.15, 0.2) is 0 Å². The second-order valence-electron chi connectivity index (χ2n) is 7.94. The number of fused-ring (bicyclic) bond motifs is 3. The Morgan fingerprint density at radius 2 is 1.90 bits per heavy atom. The average Bonchev–Trinajstić information content (AvgIpc) is 2.72. The third kappa shape index (κ3) is 4.26. The van der Waals surface area contributed by atoms with E-state index < -0.39 is 11.7 Å². The van der Waals surface area contributed by atoms with Gasteiger partial charge in [0.2, 0.25) is 5.91 Å². The number of carbonyl (C=O) groups excluding carboxylic acids is 1. The summed E-state index contributed by atoms with van der Waals surface area (Å²) in [7, 11) is 0. The Balaban J connectivity index is 1.51. The van der Waals surface area contributed by atoms with E-state index in [2.05, 4.69) is 10.2 Å². The molecule has 0 saturated carbocycles. The van der Waals surface area contributed by atoms with Gasteiger partial charge in [-0.1, -0.05) is 30.3 Å². The van der Waals surface area contributed by atoms with Gasteiger partial charge in [-0.05, 0) is 61.4 Å². The van der Waals surface area contributed by atoms with Crippen LogP contribution in [0.4, 0.5) is 18.9 Å². The summed E-state index contributed by atoms with van der Waals surface area (Å²) in [5.41, 5.74) is 1.99. The van der Waals surface area contributed by atoms with Crippen molar-refractivity contribution in [2.24, 2.45) is 5.92 Å². The normalized spacial score (nSPS) is 21.3. The van der Waals surface area contributed by atoms with E-state index in [1.54, 1.807) is 6.07 Å².